The average molecular weight is 268 g/mol. The highest BCUT2D eigenvalue weighted by molar-refractivity contribution is 9.10. The Morgan fingerprint density at radius 1 is 1.57 bits per heavy atom. The van der Waals surface area contributed by atoms with Gasteiger partial charge in [-0.15, -0.1) is 0 Å². The lowest BCUT2D eigenvalue weighted by Gasteiger charge is -2.06. The van der Waals surface area contributed by atoms with Gasteiger partial charge in [0.1, 0.15) is 0 Å². The predicted octanol–water partition coefficient (Wildman–Crippen LogP) is 1.98. The van der Waals surface area contributed by atoms with Crippen LogP contribution in [-0.4, -0.2) is 23.1 Å². The molecule has 0 aliphatic heterocycles. The number of aromatic nitrogens is 1. The summed E-state index contributed by atoms with van der Waals surface area (Å²) >= 11 is 3.09. The predicted molar refractivity (Wildman–Crippen MR) is 49.4 cm³/mol. The van der Waals surface area contributed by atoms with Crippen LogP contribution in [-0.2, 0) is 6.61 Å². The second-order valence-corrected chi connectivity index (χ2v) is 3.35. The largest absolute Gasteiger partial charge is 0.471 e. The van der Waals surface area contributed by atoms with E-state index >= 15 is 0 Å². The number of rotatable bonds is 4. The highest BCUT2D eigenvalue weighted by Crippen LogP contribution is 2.23. The third-order valence-corrected chi connectivity index (χ3v) is 1.96. The molecule has 0 bridgehead atoms. The number of hydrogen-bond acceptors (Lipinski definition) is 3. The molecule has 1 aromatic rings. The molecular formula is C8H8BrF2NO2. The van der Waals surface area contributed by atoms with Crippen LogP contribution in [0.1, 0.15) is 5.56 Å². The second-order valence-electron chi connectivity index (χ2n) is 2.49. The first kappa shape index (κ1) is 11.3. The molecule has 1 aromatic heterocycles. The van der Waals surface area contributed by atoms with Gasteiger partial charge >= 0.3 is 0 Å². The molecule has 78 valence electrons. The zero-order chi connectivity index (χ0) is 10.6. The summed E-state index contributed by atoms with van der Waals surface area (Å²) in [5.74, 6) is 0.0995. The minimum Gasteiger partial charge on any atom is -0.471 e. The maximum absolute atomic E-state index is 11.8. The van der Waals surface area contributed by atoms with E-state index in [1.807, 2.05) is 0 Å². The van der Waals surface area contributed by atoms with Crippen LogP contribution in [0, 0.1) is 0 Å². The standard InChI is InChI=1S/C8H8BrF2NO2/c9-6-1-5(3-13)2-12-8(6)14-4-7(10)11/h1-2,7,13H,3-4H2. The molecule has 0 spiro atoms. The second kappa shape index (κ2) is 5.21. The van der Waals surface area contributed by atoms with Crippen molar-refractivity contribution in [1.82, 2.24) is 4.98 Å². The van der Waals surface area contributed by atoms with E-state index in [0.29, 0.717) is 10.0 Å². The highest BCUT2D eigenvalue weighted by atomic mass is 79.9. The number of halogens is 3. The molecule has 0 atom stereocenters. The Kier molecular flexibility index (Phi) is 4.21. The fraction of sp³-hybridized carbons (Fsp3) is 0.375. The molecule has 0 aromatic carbocycles. The molecule has 0 amide bonds. The van der Waals surface area contributed by atoms with Gasteiger partial charge in [0.25, 0.3) is 6.43 Å². The van der Waals surface area contributed by atoms with Gasteiger partial charge in [-0.1, -0.05) is 0 Å². The zero-order valence-electron chi connectivity index (χ0n) is 7.08. The lowest BCUT2D eigenvalue weighted by Crippen LogP contribution is -2.08. The zero-order valence-corrected chi connectivity index (χ0v) is 8.67. The number of hydrogen-bond donors (Lipinski definition) is 1. The van der Waals surface area contributed by atoms with Gasteiger partial charge in [-0.2, -0.15) is 0 Å². The fourth-order valence-electron chi connectivity index (χ4n) is 0.800. The van der Waals surface area contributed by atoms with Gasteiger partial charge < -0.3 is 9.84 Å². The van der Waals surface area contributed by atoms with Gasteiger partial charge in [0.2, 0.25) is 5.88 Å². The minimum atomic E-state index is -2.53. The monoisotopic (exact) mass is 267 g/mol. The van der Waals surface area contributed by atoms with E-state index in [1.54, 1.807) is 6.07 Å². The number of ether oxygens (including phenoxy) is 1. The Bertz CT molecular complexity index is 309. The molecule has 6 heteroatoms. The van der Waals surface area contributed by atoms with Crippen LogP contribution in [0.4, 0.5) is 8.78 Å². The van der Waals surface area contributed by atoms with E-state index < -0.39 is 13.0 Å². The van der Waals surface area contributed by atoms with Crippen LogP contribution in [0.2, 0.25) is 0 Å². The smallest absolute Gasteiger partial charge is 0.272 e. The third-order valence-electron chi connectivity index (χ3n) is 1.39. The van der Waals surface area contributed by atoms with E-state index in [0.717, 1.165) is 0 Å². The number of alkyl halides is 2. The molecule has 0 aliphatic rings. The average Bonchev–Trinajstić information content (AvgIpc) is 2.15. The molecule has 1 heterocycles. The minimum absolute atomic E-state index is 0.0995. The normalized spacial score (nSPS) is 10.6. The molecule has 0 saturated carbocycles. The molecule has 0 unspecified atom stereocenters. The molecule has 1 N–H and O–H groups in total. The van der Waals surface area contributed by atoms with Crippen molar-refractivity contribution in [3.05, 3.63) is 22.3 Å². The van der Waals surface area contributed by atoms with Gasteiger partial charge in [0, 0.05) is 6.20 Å². The topological polar surface area (TPSA) is 42.4 Å². The Morgan fingerprint density at radius 2 is 2.29 bits per heavy atom. The number of aliphatic hydroxyl groups excluding tert-OH is 1. The maximum atomic E-state index is 11.8. The molecule has 0 fully saturated rings. The highest BCUT2D eigenvalue weighted by Gasteiger charge is 2.08. The molecule has 3 nitrogen and oxygen atoms in total. The van der Waals surface area contributed by atoms with E-state index in [-0.39, 0.29) is 12.5 Å². The first-order valence-electron chi connectivity index (χ1n) is 3.79. The van der Waals surface area contributed by atoms with Gasteiger partial charge in [-0.25, -0.2) is 13.8 Å². The summed E-state index contributed by atoms with van der Waals surface area (Å²) in [4.78, 5) is 3.76. The molecule has 0 saturated heterocycles. The Balaban J connectivity index is 2.69. The third kappa shape index (κ3) is 3.19. The summed E-state index contributed by atoms with van der Waals surface area (Å²) in [6, 6.07) is 1.56. The Hall–Kier alpha value is -0.750. The summed E-state index contributed by atoms with van der Waals surface area (Å²) in [5.41, 5.74) is 0.585. The van der Waals surface area contributed by atoms with Crippen molar-refractivity contribution in [1.29, 1.82) is 0 Å². The van der Waals surface area contributed by atoms with Gasteiger partial charge in [0.15, 0.2) is 6.61 Å². The molecular weight excluding hydrogens is 260 g/mol. The van der Waals surface area contributed by atoms with Crippen molar-refractivity contribution in [3.63, 3.8) is 0 Å². The number of nitrogens with zero attached hydrogens (tertiary/aromatic N) is 1. The lowest BCUT2D eigenvalue weighted by atomic mass is 10.3. The summed E-state index contributed by atoms with van der Waals surface area (Å²) in [7, 11) is 0. The van der Waals surface area contributed by atoms with Crippen molar-refractivity contribution >= 4 is 15.9 Å². The van der Waals surface area contributed by atoms with Crippen LogP contribution in [0.15, 0.2) is 16.7 Å². The number of pyridine rings is 1. The van der Waals surface area contributed by atoms with E-state index in [1.165, 1.54) is 6.20 Å². The van der Waals surface area contributed by atoms with Crippen LogP contribution < -0.4 is 4.74 Å². The first-order chi connectivity index (χ1) is 6.63. The first-order valence-corrected chi connectivity index (χ1v) is 4.59. The SMILES string of the molecule is OCc1cnc(OCC(F)F)c(Br)c1. The van der Waals surface area contributed by atoms with Crippen molar-refractivity contribution in [3.8, 4) is 5.88 Å². The Morgan fingerprint density at radius 3 is 2.79 bits per heavy atom. The lowest BCUT2D eigenvalue weighted by molar-refractivity contribution is 0.0791. The summed E-state index contributed by atoms with van der Waals surface area (Å²) < 4.78 is 28.7. The van der Waals surface area contributed by atoms with E-state index in [4.69, 9.17) is 9.84 Å². The van der Waals surface area contributed by atoms with Crippen LogP contribution in [0.25, 0.3) is 0 Å². The fourth-order valence-corrected chi connectivity index (χ4v) is 1.31. The van der Waals surface area contributed by atoms with Crippen molar-refractivity contribution in [2.45, 2.75) is 13.0 Å². The molecule has 0 radical (unpaired) electrons. The molecule has 0 aliphatic carbocycles. The Labute approximate surface area is 87.9 Å². The summed E-state index contributed by atoms with van der Waals surface area (Å²) in [6.45, 7) is -0.842. The number of aliphatic hydroxyl groups is 1. The maximum Gasteiger partial charge on any atom is 0.272 e. The van der Waals surface area contributed by atoms with Gasteiger partial charge in [0.05, 0.1) is 11.1 Å². The quantitative estimate of drug-likeness (QED) is 0.907. The molecule has 1 rings (SSSR count). The van der Waals surface area contributed by atoms with Crippen LogP contribution >= 0.6 is 15.9 Å². The summed E-state index contributed by atoms with van der Waals surface area (Å²) in [5, 5.41) is 8.75. The van der Waals surface area contributed by atoms with Gasteiger partial charge in [-0.05, 0) is 27.6 Å². The van der Waals surface area contributed by atoms with Gasteiger partial charge in [-0.3, -0.25) is 0 Å². The molecule has 14 heavy (non-hydrogen) atoms. The van der Waals surface area contributed by atoms with E-state index in [2.05, 4.69) is 20.9 Å². The van der Waals surface area contributed by atoms with Crippen LogP contribution in [0.3, 0.4) is 0 Å². The van der Waals surface area contributed by atoms with E-state index in [9.17, 15) is 8.78 Å². The van der Waals surface area contributed by atoms with Crippen molar-refractivity contribution in [2.24, 2.45) is 0 Å². The van der Waals surface area contributed by atoms with Crippen molar-refractivity contribution < 1.29 is 18.6 Å². The van der Waals surface area contributed by atoms with Crippen molar-refractivity contribution in [2.75, 3.05) is 6.61 Å². The summed E-state index contributed by atoms with van der Waals surface area (Å²) in [6.07, 6.45) is -1.16. The van der Waals surface area contributed by atoms with Crippen LogP contribution in [0.5, 0.6) is 5.88 Å².